The molecule has 0 aliphatic heterocycles. The lowest BCUT2D eigenvalue weighted by Crippen LogP contribution is -2.10. The molecule has 0 aliphatic carbocycles. The number of carbonyl (C=O) groups excluding carboxylic acids is 2. The Morgan fingerprint density at radius 3 is 2.56 bits per heavy atom. The lowest BCUT2D eigenvalue weighted by molar-refractivity contribution is 0.561. The summed E-state index contributed by atoms with van der Waals surface area (Å²) in [5, 5.41) is 2.61. The van der Waals surface area contributed by atoms with E-state index in [1.54, 1.807) is 0 Å². The molecule has 0 aromatic rings. The summed E-state index contributed by atoms with van der Waals surface area (Å²) in [6.07, 6.45) is 2.30. The zero-order valence-corrected chi connectivity index (χ0v) is 4.94. The van der Waals surface area contributed by atoms with Crippen LogP contribution in [-0.2, 0) is 9.59 Å². The largest absolute Gasteiger partial charge is 0.258 e. The predicted octanol–water partition coefficient (Wildman–Crippen LogP) is -0.552. The molecule has 0 fully saturated rings. The fraction of sp³-hybridized carbons (Fsp3) is 0. The number of rotatable bonds is 1. The third-order valence-corrected chi connectivity index (χ3v) is 0.527. The van der Waals surface area contributed by atoms with Gasteiger partial charge in [0, 0.05) is 0 Å². The zero-order chi connectivity index (χ0) is 7.11. The van der Waals surface area contributed by atoms with E-state index in [1.165, 1.54) is 0 Å². The Labute approximate surface area is 55.5 Å². The molecule has 0 radical (unpaired) electrons. The smallest absolute Gasteiger partial charge is 0.240 e. The van der Waals surface area contributed by atoms with E-state index < -0.39 is 0 Å². The molecule has 0 heterocycles. The van der Waals surface area contributed by atoms with Crippen molar-refractivity contribution >= 4 is 29.5 Å². The van der Waals surface area contributed by atoms with Crippen LogP contribution in [0.5, 0.6) is 0 Å². The van der Waals surface area contributed by atoms with Gasteiger partial charge in [-0.15, -0.1) is 4.99 Å². The van der Waals surface area contributed by atoms with E-state index in [-0.39, 0.29) is 5.11 Å². The maximum Gasteiger partial charge on any atom is 0.258 e. The van der Waals surface area contributed by atoms with Gasteiger partial charge in [-0.05, 0) is 12.2 Å². The van der Waals surface area contributed by atoms with Crippen molar-refractivity contribution in [1.29, 1.82) is 0 Å². The van der Waals surface area contributed by atoms with Gasteiger partial charge in [0.25, 0.3) is 6.08 Å². The van der Waals surface area contributed by atoms with Crippen molar-refractivity contribution in [2.75, 3.05) is 0 Å². The Bertz CT molecular complexity index is 201. The van der Waals surface area contributed by atoms with Crippen molar-refractivity contribution in [3.63, 3.8) is 0 Å². The molecule has 0 aromatic carbocycles. The average Bonchev–Trinajstić information content (AvgIpc) is 1.85. The number of nitrogens with one attached hydrogen (secondary N) is 1. The summed E-state index contributed by atoms with van der Waals surface area (Å²) in [5.41, 5.74) is 1.94. The van der Waals surface area contributed by atoms with Gasteiger partial charge in [0.15, 0.2) is 0 Å². The molecular weight excluding hydrogens is 142 g/mol. The molecule has 0 aromatic heterocycles. The minimum Gasteiger partial charge on any atom is -0.240 e. The average molecular weight is 143 g/mol. The minimum absolute atomic E-state index is 0.214. The fourth-order valence-corrected chi connectivity index (χ4v) is 0.220. The summed E-state index contributed by atoms with van der Waals surface area (Å²) in [6, 6.07) is 0. The lowest BCUT2D eigenvalue weighted by atomic mass is 11.1. The van der Waals surface area contributed by atoms with Crippen LogP contribution in [-0.4, -0.2) is 17.3 Å². The number of thiocarbonyl (C=S) groups is 1. The highest BCUT2D eigenvalue weighted by atomic mass is 32.1. The van der Waals surface area contributed by atoms with E-state index in [4.69, 9.17) is 0 Å². The van der Waals surface area contributed by atoms with Crippen LogP contribution in [0.25, 0.3) is 0 Å². The second-order valence-electron chi connectivity index (χ2n) is 0.823. The Morgan fingerprint density at radius 1 is 1.44 bits per heavy atom. The molecule has 0 unspecified atom stereocenters. The van der Waals surface area contributed by atoms with E-state index in [1.807, 2.05) is 5.43 Å². The number of hydrogen-bond donors (Lipinski definition) is 1. The first-order valence-electron chi connectivity index (χ1n) is 1.76. The molecule has 0 rings (SSSR count). The van der Waals surface area contributed by atoms with Gasteiger partial charge in [0.2, 0.25) is 11.2 Å². The SMILES string of the molecule is O=C=NNC(=S)N=C=O. The van der Waals surface area contributed by atoms with Crippen molar-refractivity contribution in [1.82, 2.24) is 5.43 Å². The molecule has 0 saturated heterocycles. The van der Waals surface area contributed by atoms with Gasteiger partial charge in [0.05, 0.1) is 0 Å². The van der Waals surface area contributed by atoms with Gasteiger partial charge in [0.1, 0.15) is 0 Å². The summed E-state index contributed by atoms with van der Waals surface area (Å²) in [7, 11) is 0. The van der Waals surface area contributed by atoms with Crippen molar-refractivity contribution in [3.8, 4) is 0 Å². The van der Waals surface area contributed by atoms with Crippen LogP contribution in [0.4, 0.5) is 0 Å². The Morgan fingerprint density at radius 2 is 2.11 bits per heavy atom. The molecule has 0 bridgehead atoms. The van der Waals surface area contributed by atoms with Crippen molar-refractivity contribution < 1.29 is 9.59 Å². The Kier molecular flexibility index (Phi) is 4.08. The summed E-state index contributed by atoms with van der Waals surface area (Å²) < 4.78 is 0. The molecule has 0 saturated carbocycles. The topological polar surface area (TPSA) is 70.9 Å². The first-order chi connectivity index (χ1) is 4.31. The van der Waals surface area contributed by atoms with Crippen LogP contribution < -0.4 is 5.43 Å². The van der Waals surface area contributed by atoms with Crippen LogP contribution in [0.1, 0.15) is 0 Å². The van der Waals surface area contributed by atoms with Gasteiger partial charge in [-0.25, -0.2) is 15.0 Å². The second kappa shape index (κ2) is 4.80. The van der Waals surface area contributed by atoms with Crippen LogP contribution in [0.15, 0.2) is 10.1 Å². The van der Waals surface area contributed by atoms with Crippen LogP contribution in [0.2, 0.25) is 0 Å². The van der Waals surface area contributed by atoms with Gasteiger partial charge < -0.3 is 0 Å². The van der Waals surface area contributed by atoms with Crippen LogP contribution >= 0.6 is 12.2 Å². The molecule has 1 N–H and O–H groups in total. The molecular formula is C3HN3O2S. The van der Waals surface area contributed by atoms with E-state index in [0.29, 0.717) is 0 Å². The number of isocyanates is 2. The van der Waals surface area contributed by atoms with E-state index in [2.05, 4.69) is 22.3 Å². The molecule has 0 amide bonds. The van der Waals surface area contributed by atoms with Crippen molar-refractivity contribution in [2.45, 2.75) is 0 Å². The van der Waals surface area contributed by atoms with Crippen LogP contribution in [0, 0.1) is 0 Å². The minimum atomic E-state index is -0.214. The van der Waals surface area contributed by atoms with Crippen molar-refractivity contribution in [2.24, 2.45) is 10.1 Å². The first kappa shape index (κ1) is 7.65. The van der Waals surface area contributed by atoms with Gasteiger partial charge >= 0.3 is 0 Å². The summed E-state index contributed by atoms with van der Waals surface area (Å²) in [6.45, 7) is 0. The molecule has 0 spiro atoms. The number of hydrazone groups is 1. The predicted molar refractivity (Wildman–Crippen MR) is 32.0 cm³/mol. The summed E-state index contributed by atoms with van der Waals surface area (Å²) >= 11 is 4.31. The third-order valence-electron chi connectivity index (χ3n) is 0.344. The molecule has 46 valence electrons. The molecule has 9 heavy (non-hydrogen) atoms. The second-order valence-corrected chi connectivity index (χ2v) is 1.21. The third kappa shape index (κ3) is 4.50. The quantitative estimate of drug-likeness (QED) is 0.231. The molecule has 5 nitrogen and oxygen atoms in total. The maximum absolute atomic E-state index is 9.42. The van der Waals surface area contributed by atoms with E-state index >= 15 is 0 Å². The number of nitrogens with zero attached hydrogens (tertiary/aromatic N) is 2. The highest BCUT2D eigenvalue weighted by Gasteiger charge is 1.83. The standard InChI is InChI=1S/C3HN3O2S/c7-1-4-3(9)6-5-2-8/h(H,6,9). The number of aliphatic imine (C=N–C) groups is 1. The van der Waals surface area contributed by atoms with E-state index in [0.717, 1.165) is 12.2 Å². The zero-order valence-electron chi connectivity index (χ0n) is 4.12. The summed E-state index contributed by atoms with van der Waals surface area (Å²) in [5.74, 6) is 0. The first-order valence-corrected chi connectivity index (χ1v) is 2.17. The van der Waals surface area contributed by atoms with E-state index in [9.17, 15) is 9.59 Å². The summed E-state index contributed by atoms with van der Waals surface area (Å²) in [4.78, 5) is 21.7. The van der Waals surface area contributed by atoms with Gasteiger partial charge in [-0.1, -0.05) is 5.10 Å². The van der Waals surface area contributed by atoms with Gasteiger partial charge in [-0.2, -0.15) is 0 Å². The Hall–Kier alpha value is -1.35. The molecule has 6 heteroatoms. The lowest BCUT2D eigenvalue weighted by Gasteiger charge is -1.84. The Balaban J connectivity index is 3.77. The van der Waals surface area contributed by atoms with Gasteiger partial charge in [-0.3, -0.25) is 0 Å². The maximum atomic E-state index is 9.42. The molecule has 0 atom stereocenters. The number of hydrogen-bond acceptors (Lipinski definition) is 4. The monoisotopic (exact) mass is 143 g/mol. The fourth-order valence-electron chi connectivity index (χ4n) is 0.137. The normalized spacial score (nSPS) is 6.22. The highest BCUT2D eigenvalue weighted by molar-refractivity contribution is 7.80. The van der Waals surface area contributed by atoms with Crippen molar-refractivity contribution in [3.05, 3.63) is 0 Å². The molecule has 0 aliphatic rings. The highest BCUT2D eigenvalue weighted by Crippen LogP contribution is 1.68. The van der Waals surface area contributed by atoms with Crippen LogP contribution in [0.3, 0.4) is 0 Å².